The van der Waals surface area contributed by atoms with Crippen LogP contribution in [0.1, 0.15) is 59.9 Å². The number of aliphatic hydroxyl groups excluding tert-OH is 1. The Morgan fingerprint density at radius 2 is 2.14 bits per heavy atom. The Bertz CT molecular complexity index is 1030. The first-order valence-corrected chi connectivity index (χ1v) is 11.1. The molecule has 0 saturated heterocycles. The van der Waals surface area contributed by atoms with Gasteiger partial charge in [-0.1, -0.05) is 6.07 Å². The zero-order valence-corrected chi connectivity index (χ0v) is 17.3. The number of aliphatic hydroxyl groups is 2. The van der Waals surface area contributed by atoms with Crippen LogP contribution < -0.4 is 5.32 Å². The fraction of sp³-hybridized carbons (Fsp3) is 0.474. The lowest BCUT2D eigenvalue weighted by Crippen LogP contribution is -2.12. The summed E-state index contributed by atoms with van der Waals surface area (Å²) < 4.78 is 16.3. The quantitative estimate of drug-likeness (QED) is 0.657. The molecule has 9 heteroatoms. The van der Waals surface area contributed by atoms with Gasteiger partial charge in [-0.05, 0) is 68.2 Å². The minimum Gasteiger partial charge on any atom is -0.437 e. The number of hydrogen-bond donors (Lipinski definition) is 3. The Hall–Kier alpha value is -1.81. The second-order valence-electron chi connectivity index (χ2n) is 7.69. The minimum absolute atomic E-state index is 0.172. The lowest BCUT2D eigenvalue weighted by atomic mass is 9.98. The van der Waals surface area contributed by atoms with Gasteiger partial charge in [0.15, 0.2) is 0 Å². The molecule has 7 nitrogen and oxygen atoms in total. The van der Waals surface area contributed by atoms with E-state index in [0.29, 0.717) is 17.7 Å². The van der Waals surface area contributed by atoms with Crippen LogP contribution in [-0.2, 0) is 39.7 Å². The van der Waals surface area contributed by atoms with Crippen LogP contribution >= 0.6 is 11.3 Å². The van der Waals surface area contributed by atoms with Crippen LogP contribution in [0.2, 0.25) is 0 Å². The number of urea groups is 1. The molecule has 2 aromatic rings. The third kappa shape index (κ3) is 3.59. The summed E-state index contributed by atoms with van der Waals surface area (Å²) >= 11 is 1.07. The van der Waals surface area contributed by atoms with Crippen LogP contribution in [0.4, 0.5) is 10.5 Å². The van der Waals surface area contributed by atoms with E-state index in [1.807, 2.05) is 0 Å². The Kier molecular flexibility index (Phi) is 5.03. The number of aryl methyl sites for hydroxylation is 1. The fourth-order valence-corrected chi connectivity index (χ4v) is 5.57. The molecule has 1 aromatic heterocycles. The number of hydrogen-bond acceptors (Lipinski definition) is 7. The summed E-state index contributed by atoms with van der Waals surface area (Å²) in [6.07, 6.45) is 5.10. The summed E-state index contributed by atoms with van der Waals surface area (Å²) in [5, 5.41) is 23.0. The second-order valence-corrected chi connectivity index (χ2v) is 10.0. The SMILES string of the molecule is CC(C)(O)c1cnc(/[S-](=O)=N/C(=O)Nc2c3c(cc4c2CCC4O)CCC3)s1. The van der Waals surface area contributed by atoms with Gasteiger partial charge >= 0.3 is 6.03 Å². The highest BCUT2D eigenvalue weighted by atomic mass is 32.2. The van der Waals surface area contributed by atoms with Crippen molar-refractivity contribution in [3.05, 3.63) is 39.4 Å². The van der Waals surface area contributed by atoms with Gasteiger partial charge in [-0.3, -0.25) is 4.98 Å². The predicted octanol–water partition coefficient (Wildman–Crippen LogP) is 3.58. The van der Waals surface area contributed by atoms with Crippen LogP contribution in [0, 0.1) is 0 Å². The van der Waals surface area contributed by atoms with Gasteiger partial charge in [0, 0.05) is 16.2 Å². The lowest BCUT2D eigenvalue weighted by Gasteiger charge is -2.16. The zero-order valence-electron chi connectivity index (χ0n) is 15.7. The molecule has 0 aliphatic heterocycles. The van der Waals surface area contributed by atoms with Crippen LogP contribution in [0.25, 0.3) is 0 Å². The number of rotatable bonds is 3. The number of amides is 2. The molecule has 0 fully saturated rings. The molecule has 1 heterocycles. The van der Waals surface area contributed by atoms with Gasteiger partial charge in [-0.15, -0.1) is 21.9 Å². The smallest absolute Gasteiger partial charge is 0.322 e. The highest BCUT2D eigenvalue weighted by Crippen LogP contribution is 2.42. The predicted molar refractivity (Wildman–Crippen MR) is 107 cm³/mol. The number of thiazole rings is 1. The van der Waals surface area contributed by atoms with E-state index in [9.17, 15) is 19.2 Å². The minimum atomic E-state index is -1.94. The molecule has 1 atom stereocenters. The molecule has 2 aliphatic rings. The monoisotopic (exact) mass is 420 g/mol. The van der Waals surface area contributed by atoms with Gasteiger partial charge in [0.25, 0.3) is 0 Å². The second kappa shape index (κ2) is 7.22. The van der Waals surface area contributed by atoms with Crippen LogP contribution in [-0.4, -0.2) is 21.2 Å². The van der Waals surface area contributed by atoms with Crippen molar-refractivity contribution in [2.24, 2.45) is 4.36 Å². The zero-order chi connectivity index (χ0) is 20.1. The van der Waals surface area contributed by atoms with Crippen molar-refractivity contribution in [3.8, 4) is 0 Å². The van der Waals surface area contributed by atoms with E-state index in [4.69, 9.17) is 0 Å². The fourth-order valence-electron chi connectivity index (χ4n) is 3.83. The summed E-state index contributed by atoms with van der Waals surface area (Å²) in [5.41, 5.74) is 3.73. The Morgan fingerprint density at radius 1 is 1.36 bits per heavy atom. The van der Waals surface area contributed by atoms with Crippen LogP contribution in [0.3, 0.4) is 0 Å². The van der Waals surface area contributed by atoms with Crippen LogP contribution in [0.15, 0.2) is 21.0 Å². The van der Waals surface area contributed by atoms with Gasteiger partial charge in [0.05, 0.1) is 16.6 Å². The van der Waals surface area contributed by atoms with Crippen molar-refractivity contribution >= 4 is 33.7 Å². The maximum absolute atomic E-state index is 12.5. The first-order chi connectivity index (χ1) is 13.2. The van der Waals surface area contributed by atoms with Crippen molar-refractivity contribution < 1.29 is 19.2 Å². The van der Waals surface area contributed by atoms with Gasteiger partial charge in [0.2, 0.25) is 0 Å². The average molecular weight is 421 g/mol. The van der Waals surface area contributed by atoms with Gasteiger partial charge in [0.1, 0.15) is 0 Å². The maximum atomic E-state index is 12.5. The number of benzene rings is 1. The first kappa shape index (κ1) is 19.5. The number of carbonyl (C=O) groups excluding carboxylic acids is 1. The number of fused-ring (bicyclic) bond motifs is 2. The summed E-state index contributed by atoms with van der Waals surface area (Å²) in [5.74, 6) is 0. The highest BCUT2D eigenvalue weighted by molar-refractivity contribution is 7.77. The van der Waals surface area contributed by atoms with E-state index in [1.165, 1.54) is 6.20 Å². The van der Waals surface area contributed by atoms with E-state index >= 15 is 0 Å². The van der Waals surface area contributed by atoms with Crippen LogP contribution in [0.5, 0.6) is 0 Å². The molecule has 2 amide bonds. The lowest BCUT2D eigenvalue weighted by molar-refractivity contribution is 0.0823. The third-order valence-electron chi connectivity index (χ3n) is 5.20. The Labute approximate surface area is 169 Å². The molecule has 0 radical (unpaired) electrons. The molecular weight excluding hydrogens is 398 g/mol. The molecule has 1 aromatic carbocycles. The first-order valence-electron chi connectivity index (χ1n) is 9.23. The number of anilines is 1. The molecular formula is C19H22N3O4S2-. The summed E-state index contributed by atoms with van der Waals surface area (Å²) in [6, 6.07) is 1.37. The van der Waals surface area contributed by atoms with E-state index < -0.39 is 28.3 Å². The molecule has 28 heavy (non-hydrogen) atoms. The summed E-state index contributed by atoms with van der Waals surface area (Å²) in [7, 11) is -1.94. The van der Waals surface area contributed by atoms with Crippen molar-refractivity contribution in [3.63, 3.8) is 0 Å². The number of nitrogens with one attached hydrogen (secondary N) is 1. The third-order valence-corrected chi connectivity index (χ3v) is 7.72. The molecule has 0 spiro atoms. The molecule has 0 saturated carbocycles. The standard InChI is InChI=1S/C19H22N3O4S2/c1-19(2,25)15-9-20-18(27-15)28(26)22-17(24)21-16-11-5-3-4-10(11)8-13-12(16)6-7-14(13)23/h8-9,14,23,25H,3-7H2,1-2H3,(H,21,24)/q-1. The topological polar surface area (TPSA) is 112 Å². The largest absolute Gasteiger partial charge is 0.437 e. The number of nitrogens with zero attached hydrogens (tertiary/aromatic N) is 2. The molecule has 0 bridgehead atoms. The van der Waals surface area contributed by atoms with Gasteiger partial charge < -0.3 is 24.1 Å². The normalized spacial score (nSPS) is 19.5. The molecule has 1 unspecified atom stereocenters. The van der Waals surface area contributed by atoms with E-state index in [0.717, 1.165) is 58.5 Å². The average Bonchev–Trinajstić information content (AvgIpc) is 3.34. The van der Waals surface area contributed by atoms with Gasteiger partial charge in [-0.25, -0.2) is 4.79 Å². The van der Waals surface area contributed by atoms with E-state index in [-0.39, 0.29) is 4.34 Å². The molecule has 2 aliphatic carbocycles. The van der Waals surface area contributed by atoms with Crippen molar-refractivity contribution in [1.29, 1.82) is 0 Å². The van der Waals surface area contributed by atoms with Gasteiger partial charge in [-0.2, -0.15) is 0 Å². The molecule has 4 rings (SSSR count). The van der Waals surface area contributed by atoms with Crippen molar-refractivity contribution in [2.75, 3.05) is 5.32 Å². The highest BCUT2D eigenvalue weighted by Gasteiger charge is 2.29. The van der Waals surface area contributed by atoms with Crippen molar-refractivity contribution in [1.82, 2.24) is 4.98 Å². The number of aromatic nitrogens is 1. The molecule has 150 valence electrons. The van der Waals surface area contributed by atoms with E-state index in [2.05, 4.69) is 20.7 Å². The Balaban J connectivity index is 1.61. The maximum Gasteiger partial charge on any atom is 0.322 e. The number of carbonyl (C=O) groups is 1. The van der Waals surface area contributed by atoms with E-state index in [1.54, 1.807) is 13.8 Å². The molecule has 3 N–H and O–H groups in total. The summed E-state index contributed by atoms with van der Waals surface area (Å²) in [6.45, 7) is 3.23. The summed E-state index contributed by atoms with van der Waals surface area (Å²) in [4.78, 5) is 17.0. The van der Waals surface area contributed by atoms with Crippen molar-refractivity contribution in [2.45, 2.75) is 62.0 Å². The Morgan fingerprint density at radius 3 is 2.86 bits per heavy atom.